The summed E-state index contributed by atoms with van der Waals surface area (Å²) in [4.78, 5) is 52.6. The number of aromatic nitrogens is 1. The zero-order chi connectivity index (χ0) is 24.4. The number of nitro groups is 1. The lowest BCUT2D eigenvalue weighted by atomic mass is 9.98. The SMILES string of the molecule is COC(=O)c1ccc([N+](=O)[O-])c2c(=O)c(C(=O)CC(C)C)c(Nc3ccc(Cl)cc3Cl)[nH]c12. The molecule has 33 heavy (non-hydrogen) atoms. The number of fused-ring (bicyclic) bond motifs is 1. The predicted octanol–water partition coefficient (Wildman–Crippen LogP) is 5.50. The normalized spacial score (nSPS) is 11.0. The molecule has 0 spiro atoms. The van der Waals surface area contributed by atoms with Gasteiger partial charge in [-0.05, 0) is 30.2 Å². The van der Waals surface area contributed by atoms with E-state index in [2.05, 4.69) is 10.3 Å². The Hall–Kier alpha value is -3.43. The number of ether oxygens (including phenoxy) is 1. The number of nitrogens with zero attached hydrogens (tertiary/aromatic N) is 1. The third-order valence-corrected chi connectivity index (χ3v) is 5.35. The maximum atomic E-state index is 13.5. The number of nitro benzene ring substituents is 1. The molecule has 0 amide bonds. The van der Waals surface area contributed by atoms with E-state index < -0.39 is 33.2 Å². The third kappa shape index (κ3) is 4.84. The molecule has 3 aromatic rings. The molecule has 0 atom stereocenters. The van der Waals surface area contributed by atoms with Crippen molar-refractivity contribution >= 4 is 63.0 Å². The predicted molar refractivity (Wildman–Crippen MR) is 126 cm³/mol. The summed E-state index contributed by atoms with van der Waals surface area (Å²) >= 11 is 12.2. The van der Waals surface area contributed by atoms with E-state index in [0.29, 0.717) is 10.7 Å². The van der Waals surface area contributed by atoms with Crippen LogP contribution in [0.2, 0.25) is 10.0 Å². The van der Waals surface area contributed by atoms with Crippen molar-refractivity contribution in [1.29, 1.82) is 0 Å². The van der Waals surface area contributed by atoms with Gasteiger partial charge in [-0.15, -0.1) is 0 Å². The van der Waals surface area contributed by atoms with Crippen LogP contribution in [0.15, 0.2) is 35.1 Å². The number of anilines is 2. The number of carbonyl (C=O) groups is 2. The fraction of sp³-hybridized carbons (Fsp3) is 0.227. The van der Waals surface area contributed by atoms with Crippen LogP contribution in [0.4, 0.5) is 17.2 Å². The molecule has 2 aromatic carbocycles. The number of hydrogen-bond acceptors (Lipinski definition) is 7. The lowest BCUT2D eigenvalue weighted by Gasteiger charge is -2.16. The van der Waals surface area contributed by atoms with Crippen LogP contribution in [-0.4, -0.2) is 28.8 Å². The summed E-state index contributed by atoms with van der Waals surface area (Å²) < 4.78 is 4.75. The number of halogens is 2. The van der Waals surface area contributed by atoms with Gasteiger partial charge in [-0.2, -0.15) is 0 Å². The number of rotatable bonds is 7. The summed E-state index contributed by atoms with van der Waals surface area (Å²) in [6.45, 7) is 3.60. The van der Waals surface area contributed by atoms with E-state index >= 15 is 0 Å². The summed E-state index contributed by atoms with van der Waals surface area (Å²) in [6, 6.07) is 6.76. The number of carbonyl (C=O) groups excluding carboxylic acids is 2. The average molecular weight is 492 g/mol. The maximum absolute atomic E-state index is 13.5. The first-order valence-corrected chi connectivity index (χ1v) is 10.5. The summed E-state index contributed by atoms with van der Waals surface area (Å²) in [6.07, 6.45) is 0.0160. The molecule has 2 N–H and O–H groups in total. The summed E-state index contributed by atoms with van der Waals surface area (Å²) in [7, 11) is 1.14. The highest BCUT2D eigenvalue weighted by Crippen LogP contribution is 2.32. The third-order valence-electron chi connectivity index (χ3n) is 4.80. The van der Waals surface area contributed by atoms with Crippen molar-refractivity contribution in [3.63, 3.8) is 0 Å². The van der Waals surface area contributed by atoms with Crippen LogP contribution in [-0.2, 0) is 4.74 Å². The van der Waals surface area contributed by atoms with E-state index in [-0.39, 0.29) is 39.8 Å². The number of pyridine rings is 1. The summed E-state index contributed by atoms with van der Waals surface area (Å²) in [5.74, 6) is -1.50. The first-order valence-electron chi connectivity index (χ1n) is 9.76. The molecule has 0 aliphatic heterocycles. The van der Waals surface area contributed by atoms with E-state index in [9.17, 15) is 24.5 Å². The second kappa shape index (κ2) is 9.60. The van der Waals surface area contributed by atoms with E-state index in [1.165, 1.54) is 12.1 Å². The lowest BCUT2D eigenvalue weighted by molar-refractivity contribution is -0.383. The Balaban J connectivity index is 2.41. The van der Waals surface area contributed by atoms with Crippen LogP contribution >= 0.6 is 23.2 Å². The summed E-state index contributed by atoms with van der Waals surface area (Å²) in [5, 5.41) is 14.7. The molecule has 11 heteroatoms. The topological polar surface area (TPSA) is 131 Å². The first kappa shape index (κ1) is 24.2. The van der Waals surface area contributed by atoms with Gasteiger partial charge >= 0.3 is 5.97 Å². The number of non-ortho nitro benzene ring substituents is 1. The molecule has 0 unspecified atom stereocenters. The van der Waals surface area contributed by atoms with Crippen LogP contribution in [0.5, 0.6) is 0 Å². The first-order chi connectivity index (χ1) is 15.5. The highest BCUT2D eigenvalue weighted by molar-refractivity contribution is 6.36. The highest BCUT2D eigenvalue weighted by atomic mass is 35.5. The molecule has 0 fully saturated rings. The molecular formula is C22H19Cl2N3O6. The maximum Gasteiger partial charge on any atom is 0.340 e. The van der Waals surface area contributed by atoms with Crippen LogP contribution in [0.3, 0.4) is 0 Å². The number of ketones is 1. The van der Waals surface area contributed by atoms with Crippen molar-refractivity contribution in [2.24, 2.45) is 5.92 Å². The average Bonchev–Trinajstić information content (AvgIpc) is 2.73. The van der Waals surface area contributed by atoms with Crippen LogP contribution < -0.4 is 10.7 Å². The van der Waals surface area contributed by atoms with E-state index in [1.807, 2.05) is 0 Å². The number of esters is 1. The summed E-state index contributed by atoms with van der Waals surface area (Å²) in [5.41, 5.74) is -1.68. The largest absolute Gasteiger partial charge is 0.465 e. The Labute approximate surface area is 197 Å². The second-order valence-electron chi connectivity index (χ2n) is 7.61. The monoisotopic (exact) mass is 491 g/mol. The number of methoxy groups -OCH3 is 1. The number of nitrogens with one attached hydrogen (secondary N) is 2. The smallest absolute Gasteiger partial charge is 0.340 e. The van der Waals surface area contributed by atoms with Gasteiger partial charge in [-0.3, -0.25) is 19.7 Å². The van der Waals surface area contributed by atoms with Crippen molar-refractivity contribution in [3.05, 3.63) is 71.8 Å². The van der Waals surface area contributed by atoms with Gasteiger partial charge < -0.3 is 15.0 Å². The number of hydrogen-bond donors (Lipinski definition) is 2. The molecule has 3 rings (SSSR count). The molecule has 0 aliphatic rings. The standard InChI is InChI=1S/C22H19Cl2N3O6/c1-10(2)8-16(28)18-20(29)17-15(27(31)32)7-5-12(22(30)33-3)19(17)26-21(18)25-14-6-4-11(23)9-13(14)24/h4-7,9-10H,8H2,1-3H3,(H2,25,26,29). The van der Waals surface area contributed by atoms with Crippen molar-refractivity contribution in [1.82, 2.24) is 4.98 Å². The Morgan fingerprint density at radius 1 is 1.21 bits per heavy atom. The molecule has 1 aromatic heterocycles. The lowest BCUT2D eigenvalue weighted by Crippen LogP contribution is -2.22. The zero-order valence-corrected chi connectivity index (χ0v) is 19.3. The van der Waals surface area contributed by atoms with E-state index in [1.54, 1.807) is 26.0 Å². The van der Waals surface area contributed by atoms with Gasteiger partial charge in [-0.25, -0.2) is 4.79 Å². The van der Waals surface area contributed by atoms with E-state index in [4.69, 9.17) is 27.9 Å². The van der Waals surface area contributed by atoms with Gasteiger partial charge in [0.25, 0.3) is 5.69 Å². The fourth-order valence-corrected chi connectivity index (χ4v) is 3.82. The van der Waals surface area contributed by atoms with Crippen molar-refractivity contribution in [3.8, 4) is 0 Å². The van der Waals surface area contributed by atoms with Gasteiger partial charge in [-0.1, -0.05) is 37.0 Å². The van der Waals surface area contributed by atoms with Gasteiger partial charge in [0.05, 0.1) is 33.8 Å². The van der Waals surface area contributed by atoms with Gasteiger partial charge in [0.2, 0.25) is 5.43 Å². The molecule has 172 valence electrons. The quantitative estimate of drug-likeness (QED) is 0.193. The Bertz CT molecular complexity index is 1350. The second-order valence-corrected chi connectivity index (χ2v) is 8.45. The zero-order valence-electron chi connectivity index (χ0n) is 17.8. The number of aromatic amines is 1. The van der Waals surface area contributed by atoms with Gasteiger partial charge in [0, 0.05) is 17.5 Å². The van der Waals surface area contributed by atoms with Crippen LogP contribution in [0.25, 0.3) is 10.9 Å². The number of H-pyrrole nitrogens is 1. The van der Waals surface area contributed by atoms with Crippen molar-refractivity contribution in [2.45, 2.75) is 20.3 Å². The van der Waals surface area contributed by atoms with E-state index in [0.717, 1.165) is 13.2 Å². The van der Waals surface area contributed by atoms with Crippen LogP contribution in [0.1, 0.15) is 41.0 Å². The molecule has 0 radical (unpaired) electrons. The molecular weight excluding hydrogens is 473 g/mol. The molecule has 0 saturated heterocycles. The minimum atomic E-state index is -0.889. The van der Waals surface area contributed by atoms with Crippen molar-refractivity contribution in [2.75, 3.05) is 12.4 Å². The van der Waals surface area contributed by atoms with Gasteiger partial charge in [0.1, 0.15) is 16.8 Å². The highest BCUT2D eigenvalue weighted by Gasteiger charge is 2.28. The molecule has 0 saturated carbocycles. The Morgan fingerprint density at radius 2 is 1.91 bits per heavy atom. The Morgan fingerprint density at radius 3 is 2.48 bits per heavy atom. The molecule has 9 nitrogen and oxygen atoms in total. The fourth-order valence-electron chi connectivity index (χ4n) is 3.37. The Kier molecular flexibility index (Phi) is 7.04. The minimum Gasteiger partial charge on any atom is -0.465 e. The minimum absolute atomic E-state index is 0.0160. The van der Waals surface area contributed by atoms with Crippen LogP contribution in [0, 0.1) is 16.0 Å². The molecule has 0 bridgehead atoms. The van der Waals surface area contributed by atoms with Gasteiger partial charge in [0.15, 0.2) is 5.78 Å². The molecule has 0 aliphatic carbocycles. The van der Waals surface area contributed by atoms with Crippen molar-refractivity contribution < 1.29 is 19.2 Å². The number of benzene rings is 2. The number of Topliss-reactive ketones (excluding diaryl/α,β-unsaturated/α-hetero) is 1. The molecule has 1 heterocycles.